The van der Waals surface area contributed by atoms with E-state index in [2.05, 4.69) is 29.6 Å². The molecule has 2 heteroatoms. The third-order valence-electron chi connectivity index (χ3n) is 4.30. The molecule has 2 atom stereocenters. The highest BCUT2D eigenvalue weighted by molar-refractivity contribution is 5.32. The molecule has 1 aromatic carbocycles. The second-order valence-corrected chi connectivity index (χ2v) is 5.61. The molecule has 0 spiro atoms. The van der Waals surface area contributed by atoms with Gasteiger partial charge in [0.1, 0.15) is 0 Å². The van der Waals surface area contributed by atoms with E-state index >= 15 is 0 Å². The lowest BCUT2D eigenvalue weighted by molar-refractivity contribution is 0.194. The summed E-state index contributed by atoms with van der Waals surface area (Å²) < 4.78 is 5.54. The SMILES string of the molecule is c1ccc(C2CCOC2)c(CC2CCCCN2)c1. The molecule has 2 unspecified atom stereocenters. The number of rotatable bonds is 3. The molecule has 0 bridgehead atoms. The van der Waals surface area contributed by atoms with Crippen molar-refractivity contribution in [2.75, 3.05) is 19.8 Å². The Balaban J connectivity index is 1.73. The Labute approximate surface area is 110 Å². The maximum absolute atomic E-state index is 5.54. The summed E-state index contributed by atoms with van der Waals surface area (Å²) in [7, 11) is 0. The van der Waals surface area contributed by atoms with Crippen molar-refractivity contribution in [2.45, 2.75) is 44.1 Å². The zero-order valence-electron chi connectivity index (χ0n) is 11.0. The molecule has 2 aliphatic rings. The molecule has 98 valence electrons. The third kappa shape index (κ3) is 2.76. The molecular weight excluding hydrogens is 222 g/mol. The van der Waals surface area contributed by atoms with E-state index in [0.717, 1.165) is 13.2 Å². The summed E-state index contributed by atoms with van der Waals surface area (Å²) in [6, 6.07) is 9.65. The summed E-state index contributed by atoms with van der Waals surface area (Å²) in [5.74, 6) is 0.629. The van der Waals surface area contributed by atoms with Gasteiger partial charge < -0.3 is 10.1 Å². The number of ether oxygens (including phenoxy) is 1. The monoisotopic (exact) mass is 245 g/mol. The molecule has 0 aromatic heterocycles. The maximum atomic E-state index is 5.54. The van der Waals surface area contributed by atoms with Crippen LogP contribution >= 0.6 is 0 Å². The number of piperidine rings is 1. The lowest BCUT2D eigenvalue weighted by Gasteiger charge is -2.25. The Morgan fingerprint density at radius 2 is 2.11 bits per heavy atom. The zero-order valence-corrected chi connectivity index (χ0v) is 11.0. The van der Waals surface area contributed by atoms with Crippen molar-refractivity contribution >= 4 is 0 Å². The van der Waals surface area contributed by atoms with Gasteiger partial charge in [-0.2, -0.15) is 0 Å². The second-order valence-electron chi connectivity index (χ2n) is 5.61. The summed E-state index contributed by atoms with van der Waals surface area (Å²) in [5.41, 5.74) is 3.06. The van der Waals surface area contributed by atoms with E-state index in [1.54, 1.807) is 0 Å². The smallest absolute Gasteiger partial charge is 0.0535 e. The average Bonchev–Trinajstić information content (AvgIpc) is 2.94. The van der Waals surface area contributed by atoms with Gasteiger partial charge in [-0.1, -0.05) is 30.7 Å². The highest BCUT2D eigenvalue weighted by Crippen LogP contribution is 2.29. The van der Waals surface area contributed by atoms with Crippen LogP contribution in [0.3, 0.4) is 0 Å². The van der Waals surface area contributed by atoms with Crippen LogP contribution in [0.4, 0.5) is 0 Å². The number of hydrogen-bond acceptors (Lipinski definition) is 2. The van der Waals surface area contributed by atoms with Crippen LogP contribution in [-0.2, 0) is 11.2 Å². The first-order valence-corrected chi connectivity index (χ1v) is 7.32. The molecule has 0 saturated carbocycles. The van der Waals surface area contributed by atoms with Gasteiger partial charge in [-0.3, -0.25) is 0 Å². The quantitative estimate of drug-likeness (QED) is 0.884. The van der Waals surface area contributed by atoms with Crippen LogP contribution in [0.25, 0.3) is 0 Å². The van der Waals surface area contributed by atoms with E-state index in [9.17, 15) is 0 Å². The lowest BCUT2D eigenvalue weighted by Crippen LogP contribution is -2.35. The topological polar surface area (TPSA) is 21.3 Å². The maximum Gasteiger partial charge on any atom is 0.0535 e. The van der Waals surface area contributed by atoms with E-state index in [-0.39, 0.29) is 0 Å². The number of hydrogen-bond donors (Lipinski definition) is 1. The van der Waals surface area contributed by atoms with Crippen LogP contribution in [0.5, 0.6) is 0 Å². The van der Waals surface area contributed by atoms with Crippen molar-refractivity contribution < 1.29 is 4.74 Å². The van der Waals surface area contributed by atoms with Crippen LogP contribution < -0.4 is 5.32 Å². The van der Waals surface area contributed by atoms with Gasteiger partial charge in [0, 0.05) is 18.6 Å². The average molecular weight is 245 g/mol. The Morgan fingerprint density at radius 1 is 1.17 bits per heavy atom. The minimum Gasteiger partial charge on any atom is -0.381 e. The molecule has 1 aromatic rings. The first-order chi connectivity index (χ1) is 8.93. The molecule has 3 rings (SSSR count). The largest absolute Gasteiger partial charge is 0.381 e. The fraction of sp³-hybridized carbons (Fsp3) is 0.625. The lowest BCUT2D eigenvalue weighted by atomic mass is 9.89. The first kappa shape index (κ1) is 12.2. The molecule has 2 saturated heterocycles. The predicted octanol–water partition coefficient (Wildman–Crippen LogP) is 2.88. The Bertz CT molecular complexity index is 378. The van der Waals surface area contributed by atoms with Crippen molar-refractivity contribution in [1.29, 1.82) is 0 Å². The Kier molecular flexibility index (Phi) is 3.96. The van der Waals surface area contributed by atoms with E-state index < -0.39 is 0 Å². The van der Waals surface area contributed by atoms with Crippen LogP contribution in [0.1, 0.15) is 42.7 Å². The molecule has 0 amide bonds. The van der Waals surface area contributed by atoms with Gasteiger partial charge >= 0.3 is 0 Å². The standard InChI is InChI=1S/C16H23NO/c1-2-7-16(14-8-10-18-12-14)13(5-1)11-15-6-3-4-9-17-15/h1-2,5,7,14-15,17H,3-4,6,8-12H2. The molecule has 2 nitrogen and oxygen atoms in total. The molecule has 2 heterocycles. The fourth-order valence-electron chi connectivity index (χ4n) is 3.26. The van der Waals surface area contributed by atoms with Gasteiger partial charge in [0.05, 0.1) is 6.61 Å². The summed E-state index contributed by atoms with van der Waals surface area (Å²) >= 11 is 0. The van der Waals surface area contributed by atoms with Gasteiger partial charge in [-0.15, -0.1) is 0 Å². The van der Waals surface area contributed by atoms with Crippen LogP contribution in [0, 0.1) is 0 Å². The predicted molar refractivity (Wildman–Crippen MR) is 74.0 cm³/mol. The molecule has 2 fully saturated rings. The fourth-order valence-corrected chi connectivity index (χ4v) is 3.26. The van der Waals surface area contributed by atoms with Crippen LogP contribution in [-0.4, -0.2) is 25.8 Å². The van der Waals surface area contributed by atoms with Crippen molar-refractivity contribution in [3.05, 3.63) is 35.4 Å². The molecule has 0 radical (unpaired) electrons. The molecule has 1 N–H and O–H groups in total. The zero-order chi connectivity index (χ0) is 12.2. The summed E-state index contributed by atoms with van der Waals surface area (Å²) in [4.78, 5) is 0. The second kappa shape index (κ2) is 5.85. The Morgan fingerprint density at radius 3 is 2.89 bits per heavy atom. The van der Waals surface area contributed by atoms with Crippen LogP contribution in [0.15, 0.2) is 24.3 Å². The van der Waals surface area contributed by atoms with E-state index in [0.29, 0.717) is 12.0 Å². The van der Waals surface area contributed by atoms with E-state index in [1.807, 2.05) is 0 Å². The van der Waals surface area contributed by atoms with Gasteiger partial charge in [0.25, 0.3) is 0 Å². The van der Waals surface area contributed by atoms with Gasteiger partial charge in [0.15, 0.2) is 0 Å². The molecule has 0 aliphatic carbocycles. The highest BCUT2D eigenvalue weighted by Gasteiger charge is 2.22. The van der Waals surface area contributed by atoms with Gasteiger partial charge in [0.2, 0.25) is 0 Å². The van der Waals surface area contributed by atoms with Crippen molar-refractivity contribution in [2.24, 2.45) is 0 Å². The van der Waals surface area contributed by atoms with E-state index in [4.69, 9.17) is 4.74 Å². The number of nitrogens with one attached hydrogen (secondary N) is 1. The summed E-state index contributed by atoms with van der Waals surface area (Å²) in [5, 5.41) is 3.65. The van der Waals surface area contributed by atoms with Gasteiger partial charge in [-0.05, 0) is 43.4 Å². The van der Waals surface area contributed by atoms with Crippen LogP contribution in [0.2, 0.25) is 0 Å². The summed E-state index contributed by atoms with van der Waals surface area (Å²) in [6.07, 6.45) is 6.43. The minimum atomic E-state index is 0.629. The molecule has 2 aliphatic heterocycles. The summed E-state index contributed by atoms with van der Waals surface area (Å²) in [6.45, 7) is 3.04. The van der Waals surface area contributed by atoms with E-state index in [1.165, 1.54) is 49.8 Å². The first-order valence-electron chi connectivity index (χ1n) is 7.32. The number of benzene rings is 1. The van der Waals surface area contributed by atoms with Crippen molar-refractivity contribution in [3.63, 3.8) is 0 Å². The van der Waals surface area contributed by atoms with Crippen molar-refractivity contribution in [3.8, 4) is 0 Å². The van der Waals surface area contributed by atoms with Gasteiger partial charge in [-0.25, -0.2) is 0 Å². The van der Waals surface area contributed by atoms with Crippen molar-refractivity contribution in [1.82, 2.24) is 5.32 Å². The molecule has 18 heavy (non-hydrogen) atoms. The normalized spacial score (nSPS) is 28.4. The third-order valence-corrected chi connectivity index (χ3v) is 4.30. The highest BCUT2D eigenvalue weighted by atomic mass is 16.5. The Hall–Kier alpha value is -0.860. The molecular formula is C16H23NO. The minimum absolute atomic E-state index is 0.629.